The van der Waals surface area contributed by atoms with Crippen molar-refractivity contribution in [2.75, 3.05) is 17.3 Å². The van der Waals surface area contributed by atoms with Gasteiger partial charge >= 0.3 is 0 Å². The SMILES string of the molecule is C=CCSSC/C=C/S(=O)(=O)CC=C. The molecule has 0 atom stereocenters. The van der Waals surface area contributed by atoms with E-state index in [9.17, 15) is 8.42 Å². The Kier molecular flexibility index (Phi) is 8.12. The zero-order valence-electron chi connectivity index (χ0n) is 7.89. The Labute approximate surface area is 93.9 Å². The maximum atomic E-state index is 11.1. The number of rotatable bonds is 8. The van der Waals surface area contributed by atoms with Crippen LogP contribution in [-0.2, 0) is 9.84 Å². The topological polar surface area (TPSA) is 34.1 Å². The predicted octanol–water partition coefficient (Wildman–Crippen LogP) is 2.67. The molecule has 5 heteroatoms. The molecule has 0 spiro atoms. The molecule has 0 heterocycles. The third-order valence-electron chi connectivity index (χ3n) is 1.09. The number of hydrogen-bond donors (Lipinski definition) is 0. The summed E-state index contributed by atoms with van der Waals surface area (Å²) in [4.78, 5) is 0. The van der Waals surface area contributed by atoms with E-state index in [1.807, 2.05) is 6.08 Å². The average Bonchev–Trinajstić information content (AvgIpc) is 2.11. The minimum Gasteiger partial charge on any atom is -0.224 e. The zero-order chi connectivity index (χ0) is 10.9. The quantitative estimate of drug-likeness (QED) is 0.377. The smallest absolute Gasteiger partial charge is 0.174 e. The predicted molar refractivity (Wildman–Crippen MR) is 68.2 cm³/mol. The van der Waals surface area contributed by atoms with Crippen molar-refractivity contribution in [1.29, 1.82) is 0 Å². The molecule has 0 bridgehead atoms. The van der Waals surface area contributed by atoms with E-state index in [-0.39, 0.29) is 5.75 Å². The van der Waals surface area contributed by atoms with Crippen molar-refractivity contribution in [3.63, 3.8) is 0 Å². The molecule has 0 aliphatic carbocycles. The van der Waals surface area contributed by atoms with Gasteiger partial charge in [0.25, 0.3) is 0 Å². The van der Waals surface area contributed by atoms with E-state index >= 15 is 0 Å². The number of hydrogen-bond acceptors (Lipinski definition) is 4. The zero-order valence-corrected chi connectivity index (χ0v) is 10.3. The van der Waals surface area contributed by atoms with Gasteiger partial charge in [0.05, 0.1) is 5.75 Å². The van der Waals surface area contributed by atoms with E-state index in [1.54, 1.807) is 27.7 Å². The van der Waals surface area contributed by atoms with E-state index in [1.165, 1.54) is 11.5 Å². The first kappa shape index (κ1) is 13.9. The Balaban J connectivity index is 3.71. The highest BCUT2D eigenvalue weighted by molar-refractivity contribution is 8.76. The normalized spacial score (nSPS) is 11.7. The maximum absolute atomic E-state index is 11.1. The van der Waals surface area contributed by atoms with Crippen LogP contribution < -0.4 is 0 Å². The van der Waals surface area contributed by atoms with Crippen LogP contribution in [0.4, 0.5) is 0 Å². The van der Waals surface area contributed by atoms with Gasteiger partial charge in [0.15, 0.2) is 9.84 Å². The van der Waals surface area contributed by atoms with E-state index in [2.05, 4.69) is 13.2 Å². The van der Waals surface area contributed by atoms with Gasteiger partial charge in [-0.05, 0) is 0 Å². The molecular weight excluding hydrogens is 236 g/mol. The van der Waals surface area contributed by atoms with Gasteiger partial charge in [-0.1, -0.05) is 39.8 Å². The highest BCUT2D eigenvalue weighted by Gasteiger charge is 2.00. The highest BCUT2D eigenvalue weighted by atomic mass is 33.1. The molecule has 0 saturated heterocycles. The van der Waals surface area contributed by atoms with Crippen molar-refractivity contribution < 1.29 is 8.42 Å². The lowest BCUT2D eigenvalue weighted by atomic mass is 10.8. The van der Waals surface area contributed by atoms with Crippen molar-refractivity contribution >= 4 is 31.4 Å². The van der Waals surface area contributed by atoms with E-state index in [4.69, 9.17) is 0 Å². The lowest BCUT2D eigenvalue weighted by Crippen LogP contribution is -1.98. The van der Waals surface area contributed by atoms with Gasteiger partial charge in [0.1, 0.15) is 0 Å². The van der Waals surface area contributed by atoms with Gasteiger partial charge in [0.2, 0.25) is 0 Å². The van der Waals surface area contributed by atoms with Crippen molar-refractivity contribution in [2.45, 2.75) is 0 Å². The van der Waals surface area contributed by atoms with Crippen LogP contribution in [0.25, 0.3) is 0 Å². The van der Waals surface area contributed by atoms with Crippen LogP contribution in [0.2, 0.25) is 0 Å². The maximum Gasteiger partial charge on any atom is 0.174 e. The first-order valence-corrected chi connectivity index (χ1v) is 8.18. The molecule has 2 nitrogen and oxygen atoms in total. The molecule has 0 aliphatic heterocycles. The van der Waals surface area contributed by atoms with E-state index in [0.717, 1.165) is 5.75 Å². The van der Waals surface area contributed by atoms with Crippen molar-refractivity contribution in [3.8, 4) is 0 Å². The molecule has 0 fully saturated rings. The second-order valence-electron chi connectivity index (χ2n) is 2.35. The Morgan fingerprint density at radius 2 is 1.71 bits per heavy atom. The van der Waals surface area contributed by atoms with Crippen LogP contribution in [-0.4, -0.2) is 25.7 Å². The summed E-state index contributed by atoms with van der Waals surface area (Å²) in [6.07, 6.45) is 4.86. The fraction of sp³-hybridized carbons (Fsp3) is 0.333. The molecule has 14 heavy (non-hydrogen) atoms. The van der Waals surface area contributed by atoms with Gasteiger partial charge in [-0.25, -0.2) is 8.42 Å². The first-order chi connectivity index (χ1) is 6.62. The summed E-state index contributed by atoms with van der Waals surface area (Å²) in [6, 6.07) is 0. The fourth-order valence-electron chi connectivity index (χ4n) is 0.589. The van der Waals surface area contributed by atoms with Gasteiger partial charge in [-0.15, -0.1) is 13.2 Å². The summed E-state index contributed by atoms with van der Waals surface area (Å²) in [7, 11) is 0.189. The van der Waals surface area contributed by atoms with Crippen LogP contribution in [0.5, 0.6) is 0 Å². The van der Waals surface area contributed by atoms with Gasteiger partial charge in [0, 0.05) is 16.9 Å². The monoisotopic (exact) mass is 250 g/mol. The lowest BCUT2D eigenvalue weighted by Gasteiger charge is -1.93. The highest BCUT2D eigenvalue weighted by Crippen LogP contribution is 2.20. The molecule has 80 valence electrons. The fourth-order valence-corrected chi connectivity index (χ4v) is 3.11. The van der Waals surface area contributed by atoms with Crippen LogP contribution in [0.1, 0.15) is 0 Å². The molecule has 0 aromatic carbocycles. The second kappa shape index (κ2) is 8.20. The minimum absolute atomic E-state index is 0.00790. The summed E-state index contributed by atoms with van der Waals surface area (Å²) >= 11 is 0. The third kappa shape index (κ3) is 8.47. The third-order valence-corrected chi connectivity index (χ3v) is 4.58. The molecule has 0 aliphatic rings. The summed E-state index contributed by atoms with van der Waals surface area (Å²) < 4.78 is 22.3. The summed E-state index contributed by atoms with van der Waals surface area (Å²) in [5.74, 6) is 1.57. The van der Waals surface area contributed by atoms with Crippen LogP contribution in [0, 0.1) is 0 Å². The lowest BCUT2D eigenvalue weighted by molar-refractivity contribution is 0.607. The Bertz CT molecular complexity index is 291. The van der Waals surface area contributed by atoms with E-state index in [0.29, 0.717) is 5.75 Å². The van der Waals surface area contributed by atoms with Crippen molar-refractivity contribution in [1.82, 2.24) is 0 Å². The molecule has 0 unspecified atom stereocenters. The molecule has 0 aromatic heterocycles. The van der Waals surface area contributed by atoms with Crippen LogP contribution in [0.15, 0.2) is 36.8 Å². The molecule has 0 N–H and O–H groups in total. The van der Waals surface area contributed by atoms with Gasteiger partial charge in [-0.2, -0.15) is 0 Å². The number of sulfone groups is 1. The van der Waals surface area contributed by atoms with Crippen LogP contribution in [0.3, 0.4) is 0 Å². The molecule has 0 amide bonds. The summed E-state index contributed by atoms with van der Waals surface area (Å²) in [5, 5.41) is 1.25. The van der Waals surface area contributed by atoms with Crippen molar-refractivity contribution in [2.24, 2.45) is 0 Å². The minimum atomic E-state index is -3.07. The second-order valence-corrected chi connectivity index (χ2v) is 6.83. The van der Waals surface area contributed by atoms with E-state index < -0.39 is 9.84 Å². The Morgan fingerprint density at radius 3 is 2.29 bits per heavy atom. The largest absolute Gasteiger partial charge is 0.224 e. The van der Waals surface area contributed by atoms with Crippen LogP contribution >= 0.6 is 21.6 Å². The molecule has 0 rings (SSSR count). The van der Waals surface area contributed by atoms with Crippen molar-refractivity contribution in [3.05, 3.63) is 36.8 Å². The molecule has 0 radical (unpaired) electrons. The first-order valence-electron chi connectivity index (χ1n) is 3.98. The molecule has 0 aromatic rings. The standard InChI is InChI=1S/C9H14O2S3/c1-3-6-12-13-7-5-9-14(10,11)8-4-2/h3-5,9H,1-2,6-8H2/b9-5+. The summed E-state index contributed by atoms with van der Waals surface area (Å²) in [6.45, 7) is 6.96. The summed E-state index contributed by atoms with van der Waals surface area (Å²) in [5.41, 5.74) is 0. The Hall–Kier alpha value is -0.130. The molecule has 0 saturated carbocycles. The Morgan fingerprint density at radius 1 is 1.07 bits per heavy atom. The average molecular weight is 250 g/mol. The van der Waals surface area contributed by atoms with Gasteiger partial charge < -0.3 is 0 Å². The molecular formula is C9H14O2S3. The van der Waals surface area contributed by atoms with Gasteiger partial charge in [-0.3, -0.25) is 0 Å².